The fraction of sp³-hybridized carbons (Fsp3) is 0.808. The molecule has 4 fully saturated rings. The zero-order valence-corrected chi connectivity index (χ0v) is 44.4. The molecule has 1 aromatic rings. The number of amides is 1. The minimum atomic E-state index is -1.72. The maximum Gasteiger partial charge on any atom is 0.408 e. The van der Waals surface area contributed by atoms with Crippen LogP contribution in [0.1, 0.15) is 107 Å². The van der Waals surface area contributed by atoms with Gasteiger partial charge in [-0.3, -0.25) is 9.59 Å². The van der Waals surface area contributed by atoms with Crippen LogP contribution in [0, 0.1) is 35.5 Å². The zero-order valence-electron chi connectivity index (χ0n) is 44.4. The number of hydrogen-bond donors (Lipinski definition) is 4. The van der Waals surface area contributed by atoms with Crippen LogP contribution in [0.15, 0.2) is 35.5 Å². The number of alkyl carbamates (subject to hydrolysis) is 1. The van der Waals surface area contributed by atoms with Crippen LogP contribution >= 0.6 is 0 Å². The molecular weight excluding hydrogens is 923 g/mol. The van der Waals surface area contributed by atoms with E-state index in [2.05, 4.69) is 15.8 Å². The normalized spacial score (nSPS) is 41.2. The maximum absolute atomic E-state index is 15.2. The molecule has 1 aromatic carbocycles. The van der Waals surface area contributed by atoms with Crippen molar-refractivity contribution in [3.8, 4) is 0 Å². The first-order valence-corrected chi connectivity index (χ1v) is 25.5. The number of ether oxygens (including phenoxy) is 10. The van der Waals surface area contributed by atoms with E-state index < -0.39 is 127 Å². The number of Topliss-reactive ketones (excluding diaryl/α,β-unsaturated/α-hetero) is 1. The van der Waals surface area contributed by atoms with Gasteiger partial charge in [-0.1, -0.05) is 70.1 Å². The molecule has 19 nitrogen and oxygen atoms in total. The summed E-state index contributed by atoms with van der Waals surface area (Å²) < 4.78 is 63.3. The molecule has 0 aliphatic carbocycles. The van der Waals surface area contributed by atoms with Gasteiger partial charge in [0.05, 0.1) is 48.8 Å². The van der Waals surface area contributed by atoms with Crippen molar-refractivity contribution < 1.29 is 76.8 Å². The minimum absolute atomic E-state index is 0.0130. The van der Waals surface area contributed by atoms with Crippen molar-refractivity contribution in [1.29, 1.82) is 0 Å². The molecule has 4 heterocycles. The molecule has 4 N–H and O–H groups in total. The fourth-order valence-electron chi connectivity index (χ4n) is 10.8. The van der Waals surface area contributed by atoms with Crippen LogP contribution in [0.3, 0.4) is 0 Å². The molecule has 5 rings (SSSR count). The molecule has 4 aliphatic heterocycles. The first kappa shape index (κ1) is 58.5. The summed E-state index contributed by atoms with van der Waals surface area (Å²) in [6, 6.07) is 9.38. The van der Waals surface area contributed by atoms with Crippen molar-refractivity contribution in [1.82, 2.24) is 10.6 Å². The predicted octanol–water partition coefficient (Wildman–Crippen LogP) is 5.30. The molecule has 404 valence electrons. The third kappa shape index (κ3) is 15.4. The first-order valence-electron chi connectivity index (χ1n) is 25.5. The van der Waals surface area contributed by atoms with Gasteiger partial charge in [0.1, 0.15) is 37.6 Å². The molecule has 1 unspecified atom stereocenters. The van der Waals surface area contributed by atoms with Crippen molar-refractivity contribution >= 4 is 23.6 Å². The number of oxime groups is 1. The summed E-state index contributed by atoms with van der Waals surface area (Å²) in [5.74, 6) is -4.77. The molecule has 0 saturated carbocycles. The molecule has 0 spiro atoms. The summed E-state index contributed by atoms with van der Waals surface area (Å²) in [5.41, 5.74) is -0.548. The van der Waals surface area contributed by atoms with Crippen LogP contribution in [0.4, 0.5) is 4.79 Å². The quantitative estimate of drug-likeness (QED) is 0.137. The molecular formula is C52H85N3O16. The monoisotopic (exact) mass is 1010 g/mol. The van der Waals surface area contributed by atoms with Gasteiger partial charge in [-0.25, -0.2) is 4.79 Å². The molecule has 4 saturated heterocycles. The molecule has 19 heteroatoms. The standard InChI is InChI=1S/C52H85N3O16/c1-27-20-28(2)47(58)52(11,71-51(60)54-25-37-18-16-15-17-19-37)23-29(3)43(70-49-41(57)38(55-63-14)22-32(6)66-49)34(8)44(68-39-21-31(5)53-24-33(7)65-39)35(9)48(59)69-42(27)30(4)26-64-50-46(62-13)45(61-12)40(56)36(10)67-50/h15-19,27-36,39-46,49-50,53,56-57H,20-26H2,1-14H3,(H,54,60)/t27-,28+,29-,30?,31+,32+,33-,34+,35+,36+,39-,40+,41+,42+,43-,44-,45+,46+,49-,50+,52-/m0/s1. The van der Waals surface area contributed by atoms with E-state index in [1.807, 2.05) is 78.8 Å². The van der Waals surface area contributed by atoms with Gasteiger partial charge in [0.2, 0.25) is 0 Å². The second-order valence-electron chi connectivity index (χ2n) is 20.9. The van der Waals surface area contributed by atoms with Crippen LogP contribution in [-0.4, -0.2) is 160 Å². The number of carbonyl (C=O) groups is 3. The van der Waals surface area contributed by atoms with Gasteiger partial charge in [-0.05, 0) is 71.8 Å². The second kappa shape index (κ2) is 26.7. The van der Waals surface area contributed by atoms with E-state index in [1.165, 1.54) is 21.3 Å². The third-order valence-corrected chi connectivity index (χ3v) is 14.6. The smallest absolute Gasteiger partial charge is 0.408 e. The number of nitrogens with one attached hydrogen (secondary N) is 2. The molecule has 0 radical (unpaired) electrons. The Balaban J connectivity index is 1.58. The summed E-state index contributed by atoms with van der Waals surface area (Å²) in [5, 5.41) is 32.9. The van der Waals surface area contributed by atoms with E-state index in [-0.39, 0.29) is 43.9 Å². The molecule has 4 aliphatic rings. The highest BCUT2D eigenvalue weighted by Gasteiger charge is 2.50. The largest absolute Gasteiger partial charge is 0.461 e. The van der Waals surface area contributed by atoms with E-state index in [0.29, 0.717) is 25.1 Å². The summed E-state index contributed by atoms with van der Waals surface area (Å²) in [4.78, 5) is 49.1. The zero-order chi connectivity index (χ0) is 52.3. The lowest BCUT2D eigenvalue weighted by Gasteiger charge is -2.44. The van der Waals surface area contributed by atoms with Gasteiger partial charge in [0, 0.05) is 63.9 Å². The van der Waals surface area contributed by atoms with E-state index in [0.717, 1.165) is 5.56 Å². The third-order valence-electron chi connectivity index (χ3n) is 14.6. The number of ketones is 1. The number of nitrogens with zero attached hydrogens (tertiary/aromatic N) is 1. The second-order valence-corrected chi connectivity index (χ2v) is 20.9. The Hall–Kier alpha value is -3.34. The number of benzene rings is 1. The van der Waals surface area contributed by atoms with Gasteiger partial charge in [-0.2, -0.15) is 0 Å². The highest BCUT2D eigenvalue weighted by molar-refractivity contribution is 5.91. The lowest BCUT2D eigenvalue weighted by molar-refractivity contribution is -0.305. The van der Waals surface area contributed by atoms with Crippen molar-refractivity contribution in [2.24, 2.45) is 40.7 Å². The number of rotatable bonds is 14. The molecule has 1 amide bonds. The van der Waals surface area contributed by atoms with Crippen LogP contribution in [-0.2, 0) is 68.3 Å². The first-order chi connectivity index (χ1) is 33.6. The topological polar surface area (TPSA) is 230 Å². The predicted molar refractivity (Wildman–Crippen MR) is 261 cm³/mol. The van der Waals surface area contributed by atoms with Crippen molar-refractivity contribution in [2.75, 3.05) is 34.5 Å². The Labute approximate surface area is 420 Å². The number of cyclic esters (lactones) is 1. The number of aliphatic hydroxyl groups excluding tert-OH is 2. The van der Waals surface area contributed by atoms with Gasteiger partial charge in [-0.15, -0.1) is 0 Å². The highest BCUT2D eigenvalue weighted by atomic mass is 16.7. The number of aliphatic hydroxyl groups is 2. The lowest BCUT2D eigenvalue weighted by atomic mass is 9.75. The van der Waals surface area contributed by atoms with Gasteiger partial charge < -0.3 is 73.1 Å². The van der Waals surface area contributed by atoms with Crippen molar-refractivity contribution in [3.63, 3.8) is 0 Å². The molecule has 0 aromatic heterocycles. The number of esters is 1. The van der Waals surface area contributed by atoms with Crippen molar-refractivity contribution in [3.05, 3.63) is 35.9 Å². The fourth-order valence-corrected chi connectivity index (χ4v) is 10.8. The van der Waals surface area contributed by atoms with Gasteiger partial charge in [0.25, 0.3) is 0 Å². The van der Waals surface area contributed by atoms with Gasteiger partial charge >= 0.3 is 12.1 Å². The SMILES string of the molecule is CON=C1C[C@@H](C)O[C@@H](O[C@@H]2[C@@H](C)[C@H](O[C@H]3C[C@@H](C)NC[C@H](C)O3)[C@@H](C)C(=O)O[C@@H](C(C)CO[C@@H]3O[C@H](C)[C@@H](O)[C@@H](OC)[C@H]3OC)[C@@H](C)C[C@@H](C)C(=O)[C@@](C)(OC(=O)NCc3ccccc3)C[C@@H]2C)[C@@H]1O. The Morgan fingerprint density at radius 2 is 1.55 bits per heavy atom. The Morgan fingerprint density at radius 3 is 2.21 bits per heavy atom. The molecule has 21 atom stereocenters. The Kier molecular flexibility index (Phi) is 22.1. The summed E-state index contributed by atoms with van der Waals surface area (Å²) >= 11 is 0. The average Bonchev–Trinajstić information content (AvgIpc) is 3.49. The minimum Gasteiger partial charge on any atom is -0.461 e. The number of methoxy groups -OCH3 is 2. The maximum atomic E-state index is 15.2. The average molecular weight is 1010 g/mol. The van der Waals surface area contributed by atoms with Crippen LogP contribution < -0.4 is 10.6 Å². The summed E-state index contributed by atoms with van der Waals surface area (Å²) in [6.07, 6.45) is -10.5. The summed E-state index contributed by atoms with van der Waals surface area (Å²) in [6.45, 7) is 21.1. The van der Waals surface area contributed by atoms with E-state index >= 15 is 4.79 Å². The van der Waals surface area contributed by atoms with Crippen LogP contribution in [0.2, 0.25) is 0 Å². The summed E-state index contributed by atoms with van der Waals surface area (Å²) in [7, 11) is 4.37. The highest BCUT2D eigenvalue weighted by Crippen LogP contribution is 2.39. The Morgan fingerprint density at radius 1 is 0.859 bits per heavy atom. The van der Waals surface area contributed by atoms with Crippen molar-refractivity contribution in [2.45, 2.75) is 200 Å². The number of hydrogen-bond acceptors (Lipinski definition) is 18. The Bertz CT molecular complexity index is 1850. The van der Waals surface area contributed by atoms with E-state index in [1.54, 1.807) is 27.7 Å². The molecule has 0 bridgehead atoms. The lowest BCUT2D eigenvalue weighted by Crippen LogP contribution is -2.59. The van der Waals surface area contributed by atoms with E-state index in [4.69, 9.17) is 52.2 Å². The van der Waals surface area contributed by atoms with Crippen LogP contribution in [0.5, 0.6) is 0 Å². The van der Waals surface area contributed by atoms with Crippen LogP contribution in [0.25, 0.3) is 0 Å². The van der Waals surface area contributed by atoms with Gasteiger partial charge in [0.15, 0.2) is 30.3 Å². The van der Waals surface area contributed by atoms with E-state index in [9.17, 15) is 19.8 Å². The molecule has 71 heavy (non-hydrogen) atoms. The number of carbonyl (C=O) groups excluding carboxylic acids is 3.